The monoisotopic (exact) mass is 269 g/mol. The summed E-state index contributed by atoms with van der Waals surface area (Å²) in [6, 6.07) is 15.9. The van der Waals surface area contributed by atoms with Crippen molar-refractivity contribution in [3.8, 4) is 0 Å². The van der Waals surface area contributed by atoms with Crippen molar-refractivity contribution in [3.63, 3.8) is 0 Å². The highest BCUT2D eigenvalue weighted by Crippen LogP contribution is 2.40. The first kappa shape index (κ1) is 13.3. The Morgan fingerprint density at radius 1 is 1.15 bits per heavy atom. The van der Waals surface area contributed by atoms with E-state index >= 15 is 0 Å². The van der Waals surface area contributed by atoms with E-state index in [2.05, 4.69) is 29.6 Å². The molecule has 0 saturated carbocycles. The minimum Gasteiger partial charge on any atom is -0.319 e. The van der Waals surface area contributed by atoms with Crippen molar-refractivity contribution in [1.29, 1.82) is 0 Å². The van der Waals surface area contributed by atoms with Crippen molar-refractivity contribution in [1.82, 2.24) is 5.32 Å². The minimum absolute atomic E-state index is 0.123. The average Bonchev–Trinajstić information content (AvgIpc) is 2.48. The first-order chi connectivity index (χ1) is 9.79. The molecule has 0 saturated heterocycles. The van der Waals surface area contributed by atoms with Crippen molar-refractivity contribution in [3.05, 3.63) is 71.0 Å². The standard InChI is InChI=1S/C18H20FN/c1-20-12-15-8-7-14-11-16(19)9-10-17(14)18(15)13-5-3-2-4-6-13/h2-6,9-11,15,18,20H,7-8,12H2,1H3. The molecule has 2 unspecified atom stereocenters. The zero-order chi connectivity index (χ0) is 13.9. The number of hydrogen-bond donors (Lipinski definition) is 1. The summed E-state index contributed by atoms with van der Waals surface area (Å²) in [6.45, 7) is 0.996. The second kappa shape index (κ2) is 5.76. The molecule has 1 N–H and O–H groups in total. The number of halogens is 1. The highest BCUT2D eigenvalue weighted by atomic mass is 19.1. The van der Waals surface area contributed by atoms with Gasteiger partial charge in [0.25, 0.3) is 0 Å². The normalized spacial score (nSPS) is 21.5. The molecule has 2 aromatic rings. The molecule has 0 fully saturated rings. The van der Waals surface area contributed by atoms with Gasteiger partial charge in [0.2, 0.25) is 0 Å². The van der Waals surface area contributed by atoms with Crippen LogP contribution in [0.5, 0.6) is 0 Å². The zero-order valence-electron chi connectivity index (χ0n) is 11.8. The number of fused-ring (bicyclic) bond motifs is 1. The van der Waals surface area contributed by atoms with Crippen LogP contribution in [0.1, 0.15) is 29.0 Å². The fourth-order valence-corrected chi connectivity index (χ4v) is 3.45. The van der Waals surface area contributed by atoms with Crippen molar-refractivity contribution >= 4 is 0 Å². The van der Waals surface area contributed by atoms with E-state index in [1.54, 1.807) is 12.1 Å². The summed E-state index contributed by atoms with van der Waals surface area (Å²) >= 11 is 0. The maximum atomic E-state index is 13.5. The van der Waals surface area contributed by atoms with Crippen LogP contribution in [-0.4, -0.2) is 13.6 Å². The van der Waals surface area contributed by atoms with Gasteiger partial charge in [0.15, 0.2) is 0 Å². The highest BCUT2D eigenvalue weighted by Gasteiger charge is 2.30. The molecule has 2 aromatic carbocycles. The molecule has 1 aliphatic carbocycles. The molecule has 20 heavy (non-hydrogen) atoms. The fourth-order valence-electron chi connectivity index (χ4n) is 3.45. The van der Waals surface area contributed by atoms with E-state index in [4.69, 9.17) is 0 Å². The lowest BCUT2D eigenvalue weighted by Gasteiger charge is -2.34. The molecular formula is C18H20FN. The Kier molecular flexibility index (Phi) is 3.83. The molecule has 0 aromatic heterocycles. The van der Waals surface area contributed by atoms with Gasteiger partial charge in [0.1, 0.15) is 5.82 Å². The van der Waals surface area contributed by atoms with Crippen molar-refractivity contribution in [2.75, 3.05) is 13.6 Å². The number of nitrogens with one attached hydrogen (secondary N) is 1. The van der Waals surface area contributed by atoms with Crippen LogP contribution in [-0.2, 0) is 6.42 Å². The Morgan fingerprint density at radius 3 is 2.70 bits per heavy atom. The van der Waals surface area contributed by atoms with Gasteiger partial charge >= 0.3 is 0 Å². The summed E-state index contributed by atoms with van der Waals surface area (Å²) in [6.07, 6.45) is 2.08. The molecule has 0 heterocycles. The van der Waals surface area contributed by atoms with Crippen LogP contribution in [0, 0.1) is 11.7 Å². The molecule has 104 valence electrons. The largest absolute Gasteiger partial charge is 0.319 e. The molecule has 3 rings (SSSR count). The molecule has 0 bridgehead atoms. The second-order valence-electron chi connectivity index (χ2n) is 5.59. The van der Waals surface area contributed by atoms with E-state index in [9.17, 15) is 4.39 Å². The zero-order valence-corrected chi connectivity index (χ0v) is 11.8. The van der Waals surface area contributed by atoms with Crippen molar-refractivity contribution < 1.29 is 4.39 Å². The van der Waals surface area contributed by atoms with E-state index in [0.717, 1.165) is 19.4 Å². The van der Waals surface area contributed by atoms with Gasteiger partial charge in [-0.05, 0) is 61.2 Å². The molecule has 1 aliphatic rings. The summed E-state index contributed by atoms with van der Waals surface area (Å²) < 4.78 is 13.5. The van der Waals surface area contributed by atoms with Crippen molar-refractivity contribution in [2.24, 2.45) is 5.92 Å². The van der Waals surface area contributed by atoms with Gasteiger partial charge in [-0.3, -0.25) is 0 Å². The summed E-state index contributed by atoms with van der Waals surface area (Å²) in [5, 5.41) is 3.31. The summed E-state index contributed by atoms with van der Waals surface area (Å²) in [5.41, 5.74) is 3.80. The van der Waals surface area contributed by atoms with Gasteiger partial charge in [-0.25, -0.2) is 4.39 Å². The molecule has 0 radical (unpaired) electrons. The van der Waals surface area contributed by atoms with E-state index in [0.29, 0.717) is 11.8 Å². The summed E-state index contributed by atoms with van der Waals surface area (Å²) in [7, 11) is 2.00. The Labute approximate surface area is 119 Å². The van der Waals surface area contributed by atoms with Gasteiger partial charge in [0.05, 0.1) is 0 Å². The third-order valence-corrected chi connectivity index (χ3v) is 4.32. The Balaban J connectivity index is 2.06. The first-order valence-corrected chi connectivity index (χ1v) is 7.27. The van der Waals surface area contributed by atoms with Gasteiger partial charge in [-0.1, -0.05) is 36.4 Å². The molecule has 2 heteroatoms. The molecule has 0 amide bonds. The van der Waals surface area contributed by atoms with Crippen LogP contribution in [0.2, 0.25) is 0 Å². The quantitative estimate of drug-likeness (QED) is 0.895. The topological polar surface area (TPSA) is 12.0 Å². The van der Waals surface area contributed by atoms with Gasteiger partial charge in [0, 0.05) is 5.92 Å². The average molecular weight is 269 g/mol. The third kappa shape index (κ3) is 2.48. The Bertz CT molecular complexity index is 579. The maximum absolute atomic E-state index is 13.5. The molecule has 2 atom stereocenters. The van der Waals surface area contributed by atoms with Crippen LogP contribution >= 0.6 is 0 Å². The lowest BCUT2D eigenvalue weighted by molar-refractivity contribution is 0.394. The van der Waals surface area contributed by atoms with Crippen molar-refractivity contribution in [2.45, 2.75) is 18.8 Å². The fraction of sp³-hybridized carbons (Fsp3) is 0.333. The molecule has 0 spiro atoms. The lowest BCUT2D eigenvalue weighted by Crippen LogP contribution is -2.29. The molecule has 0 aliphatic heterocycles. The Morgan fingerprint density at radius 2 is 1.95 bits per heavy atom. The maximum Gasteiger partial charge on any atom is 0.123 e. The predicted molar refractivity (Wildman–Crippen MR) is 80.4 cm³/mol. The van der Waals surface area contributed by atoms with Crippen LogP contribution in [0.15, 0.2) is 48.5 Å². The highest BCUT2D eigenvalue weighted by molar-refractivity contribution is 5.41. The second-order valence-corrected chi connectivity index (χ2v) is 5.59. The smallest absolute Gasteiger partial charge is 0.123 e. The van der Waals surface area contributed by atoms with Crippen LogP contribution in [0.4, 0.5) is 4.39 Å². The van der Waals surface area contributed by atoms with Crippen LogP contribution in [0.25, 0.3) is 0 Å². The van der Waals surface area contributed by atoms with Gasteiger partial charge < -0.3 is 5.32 Å². The van der Waals surface area contributed by atoms with Gasteiger partial charge in [-0.15, -0.1) is 0 Å². The summed E-state index contributed by atoms with van der Waals surface area (Å²) in [5.74, 6) is 0.816. The first-order valence-electron chi connectivity index (χ1n) is 7.27. The number of hydrogen-bond acceptors (Lipinski definition) is 1. The molecular weight excluding hydrogens is 249 g/mol. The van der Waals surface area contributed by atoms with E-state index < -0.39 is 0 Å². The minimum atomic E-state index is -0.123. The summed E-state index contributed by atoms with van der Waals surface area (Å²) in [4.78, 5) is 0. The predicted octanol–water partition coefficient (Wildman–Crippen LogP) is 3.74. The SMILES string of the molecule is CNCC1CCc2cc(F)ccc2C1c1ccccc1. The Hall–Kier alpha value is -1.67. The van der Waals surface area contributed by atoms with Crippen LogP contribution in [0.3, 0.4) is 0 Å². The number of benzene rings is 2. The number of rotatable bonds is 3. The van der Waals surface area contributed by atoms with E-state index in [1.807, 2.05) is 19.2 Å². The lowest BCUT2D eigenvalue weighted by atomic mass is 9.72. The molecule has 1 nitrogen and oxygen atoms in total. The number of aryl methyl sites for hydroxylation is 1. The van der Waals surface area contributed by atoms with E-state index in [-0.39, 0.29) is 5.82 Å². The van der Waals surface area contributed by atoms with E-state index in [1.165, 1.54) is 16.7 Å². The van der Waals surface area contributed by atoms with Gasteiger partial charge in [-0.2, -0.15) is 0 Å². The van der Waals surface area contributed by atoms with Crippen LogP contribution < -0.4 is 5.32 Å². The third-order valence-electron chi connectivity index (χ3n) is 4.32.